The van der Waals surface area contributed by atoms with Gasteiger partial charge in [0.25, 0.3) is 0 Å². The predicted molar refractivity (Wildman–Crippen MR) is 131 cm³/mol. The Labute approximate surface area is 197 Å². The van der Waals surface area contributed by atoms with Crippen LogP contribution < -0.4 is 0 Å². The Hall–Kier alpha value is -1.54. The highest BCUT2D eigenvalue weighted by molar-refractivity contribution is 6.03. The molecule has 0 unspecified atom stereocenters. The molecule has 1 atom stereocenters. The van der Waals surface area contributed by atoms with E-state index in [1.807, 2.05) is 20.8 Å². The molecule has 1 rings (SSSR count). The molecule has 1 aliphatic rings. The van der Waals surface area contributed by atoms with Crippen molar-refractivity contribution < 1.29 is 19.1 Å². The van der Waals surface area contributed by atoms with Crippen molar-refractivity contribution in [1.82, 2.24) is 0 Å². The average molecular weight is 450 g/mol. The van der Waals surface area contributed by atoms with E-state index in [4.69, 9.17) is 14.3 Å². The Kier molecular flexibility index (Phi) is 12.4. The van der Waals surface area contributed by atoms with Crippen molar-refractivity contribution in [2.24, 2.45) is 28.3 Å². The molecule has 5 nitrogen and oxygen atoms in total. The predicted octanol–water partition coefficient (Wildman–Crippen LogP) is 6.40. The van der Waals surface area contributed by atoms with E-state index in [0.717, 1.165) is 51.0 Å². The van der Waals surface area contributed by atoms with E-state index in [-0.39, 0.29) is 18.3 Å². The number of ether oxygens (including phenoxy) is 2. The van der Waals surface area contributed by atoms with Crippen LogP contribution >= 0.6 is 0 Å². The third kappa shape index (κ3) is 13.1. The monoisotopic (exact) mass is 449 g/mol. The van der Waals surface area contributed by atoms with Gasteiger partial charge in [-0.05, 0) is 76.5 Å². The van der Waals surface area contributed by atoms with Gasteiger partial charge in [0.05, 0.1) is 6.42 Å². The highest BCUT2D eigenvalue weighted by Crippen LogP contribution is 2.40. The number of hydrogen-bond donors (Lipinski definition) is 0. The normalized spacial score (nSPS) is 20.1. The van der Waals surface area contributed by atoms with Gasteiger partial charge in [0.1, 0.15) is 18.4 Å². The lowest BCUT2D eigenvalue weighted by molar-refractivity contribution is -0.155. The quantitative estimate of drug-likeness (QED) is 0.114. The van der Waals surface area contributed by atoms with Gasteiger partial charge < -0.3 is 14.3 Å². The van der Waals surface area contributed by atoms with E-state index >= 15 is 0 Å². The number of carbonyl (C=O) groups is 1. The lowest BCUT2D eigenvalue weighted by atomic mass is 9.68. The zero-order valence-corrected chi connectivity index (χ0v) is 21.9. The van der Waals surface area contributed by atoms with Crippen LogP contribution in [0.5, 0.6) is 0 Å². The minimum atomic E-state index is -0.511. The fraction of sp³-hybridized carbons (Fsp3) is 0.852. The van der Waals surface area contributed by atoms with Crippen LogP contribution in [0.3, 0.4) is 0 Å². The first-order valence-corrected chi connectivity index (χ1v) is 12.4. The van der Waals surface area contributed by atoms with Gasteiger partial charge in [-0.25, -0.2) is 0 Å². The third-order valence-electron chi connectivity index (χ3n) is 5.43. The molecule has 0 aromatic carbocycles. The van der Waals surface area contributed by atoms with Gasteiger partial charge >= 0.3 is 5.97 Å². The first kappa shape index (κ1) is 28.5. The van der Waals surface area contributed by atoms with E-state index in [1.54, 1.807) is 0 Å². The smallest absolute Gasteiger partial charge is 0.307 e. The Bertz CT molecular complexity index is 639. The highest BCUT2D eigenvalue weighted by atomic mass is 16.6. The average Bonchev–Trinajstić information content (AvgIpc) is 2.61. The second-order valence-corrected chi connectivity index (χ2v) is 11.3. The van der Waals surface area contributed by atoms with Gasteiger partial charge in [-0.2, -0.15) is 0 Å². The van der Waals surface area contributed by atoms with Crippen molar-refractivity contribution in [3.8, 4) is 11.8 Å². The van der Waals surface area contributed by atoms with Crippen molar-refractivity contribution in [2.45, 2.75) is 105 Å². The summed E-state index contributed by atoms with van der Waals surface area (Å²) in [5.41, 5.74) is 0.498. The van der Waals surface area contributed by atoms with E-state index in [2.05, 4.69) is 44.7 Å². The summed E-state index contributed by atoms with van der Waals surface area (Å²) in [5.74, 6) is 7.47. The van der Waals surface area contributed by atoms with Gasteiger partial charge in [0.2, 0.25) is 0 Å². The molecule has 0 bridgehead atoms. The summed E-state index contributed by atoms with van der Waals surface area (Å²) < 4.78 is 11.3. The van der Waals surface area contributed by atoms with Crippen LogP contribution in [0.2, 0.25) is 0 Å². The van der Waals surface area contributed by atoms with Crippen molar-refractivity contribution in [2.75, 3.05) is 20.3 Å². The molecular weight excluding hydrogens is 402 g/mol. The molecule has 1 aliphatic carbocycles. The van der Waals surface area contributed by atoms with E-state index < -0.39 is 5.60 Å². The molecule has 0 saturated heterocycles. The minimum absolute atomic E-state index is 0.127. The number of hydrogen-bond acceptors (Lipinski definition) is 5. The fourth-order valence-electron chi connectivity index (χ4n) is 4.06. The lowest BCUT2D eigenvalue weighted by Crippen LogP contribution is -2.28. The van der Waals surface area contributed by atoms with Crippen molar-refractivity contribution >= 4 is 11.7 Å². The molecule has 0 amide bonds. The van der Waals surface area contributed by atoms with E-state index in [0.29, 0.717) is 23.7 Å². The first-order chi connectivity index (χ1) is 14.9. The first-order valence-electron chi connectivity index (χ1n) is 12.4. The number of oxime groups is 1. The molecule has 0 aromatic heterocycles. The molecular formula is C27H47NO4. The Morgan fingerprint density at radius 1 is 1.09 bits per heavy atom. The van der Waals surface area contributed by atoms with Crippen LogP contribution in [0, 0.1) is 35.0 Å². The number of carbonyl (C=O) groups excluding carboxylic acids is 1. The Morgan fingerprint density at radius 2 is 1.75 bits per heavy atom. The Morgan fingerprint density at radius 3 is 2.31 bits per heavy atom. The fourth-order valence-corrected chi connectivity index (χ4v) is 4.06. The summed E-state index contributed by atoms with van der Waals surface area (Å²) in [5, 5.41) is 4.21. The van der Waals surface area contributed by atoms with Gasteiger partial charge in [0, 0.05) is 25.0 Å². The minimum Gasteiger partial charge on any atom is -0.460 e. The molecule has 0 heterocycles. The van der Waals surface area contributed by atoms with Crippen LogP contribution in [0.25, 0.3) is 0 Å². The molecule has 1 fully saturated rings. The maximum atomic E-state index is 12.5. The summed E-state index contributed by atoms with van der Waals surface area (Å²) >= 11 is 0. The summed E-state index contributed by atoms with van der Waals surface area (Å²) in [6, 6.07) is 0. The summed E-state index contributed by atoms with van der Waals surface area (Å²) in [6.07, 6.45) is 7.58. The maximum absolute atomic E-state index is 12.5. The number of rotatable bonds is 12. The second kappa shape index (κ2) is 13.9. The molecule has 1 saturated carbocycles. The maximum Gasteiger partial charge on any atom is 0.307 e. The highest BCUT2D eigenvalue weighted by Gasteiger charge is 2.31. The molecule has 184 valence electrons. The Balaban J connectivity index is 2.76. The third-order valence-corrected chi connectivity index (χ3v) is 5.43. The van der Waals surface area contributed by atoms with Gasteiger partial charge in [-0.15, -0.1) is 0 Å². The molecule has 0 spiro atoms. The van der Waals surface area contributed by atoms with Crippen LogP contribution in [-0.4, -0.2) is 37.6 Å². The van der Waals surface area contributed by atoms with Crippen LogP contribution in [0.1, 0.15) is 99.8 Å². The standard InChI is InChI=1S/C27H47NO4/c1-9-10-15-31-16-11-12-23(19-25(29)32-27(5,6)7)24(28-30-8)14-13-21-17-22(18-21)20-26(2,3)4/h21-23H,9-12,15-20H2,1-8H3/b28-24+/t21-,22+,23-/m0/s1. The molecule has 5 heteroatoms. The number of esters is 1. The van der Waals surface area contributed by atoms with Crippen LogP contribution in [0.4, 0.5) is 0 Å². The van der Waals surface area contributed by atoms with Gasteiger partial charge in [0.15, 0.2) is 0 Å². The zero-order chi connectivity index (χ0) is 24.2. The van der Waals surface area contributed by atoms with E-state index in [1.165, 1.54) is 13.5 Å². The molecule has 32 heavy (non-hydrogen) atoms. The van der Waals surface area contributed by atoms with Crippen LogP contribution in [-0.2, 0) is 19.1 Å². The zero-order valence-electron chi connectivity index (χ0n) is 21.9. The number of nitrogens with zero attached hydrogens (tertiary/aromatic N) is 1. The molecule has 0 aliphatic heterocycles. The van der Waals surface area contributed by atoms with Crippen molar-refractivity contribution in [1.29, 1.82) is 0 Å². The molecule has 0 N–H and O–H groups in total. The molecule has 0 aromatic rings. The summed E-state index contributed by atoms with van der Waals surface area (Å²) in [7, 11) is 1.53. The van der Waals surface area contributed by atoms with Gasteiger partial charge in [-0.1, -0.05) is 45.2 Å². The summed E-state index contributed by atoms with van der Waals surface area (Å²) in [4.78, 5) is 17.6. The van der Waals surface area contributed by atoms with Crippen LogP contribution in [0.15, 0.2) is 5.16 Å². The van der Waals surface area contributed by atoms with Crippen molar-refractivity contribution in [3.63, 3.8) is 0 Å². The SMILES string of the molecule is CCCCOCCC[C@@H](CC(=O)OC(C)(C)C)/C(C#C[C@H]1C[C@@H](CC(C)(C)C)C1)=N/OC. The molecule has 0 radical (unpaired) electrons. The largest absolute Gasteiger partial charge is 0.460 e. The lowest BCUT2D eigenvalue weighted by Gasteiger charge is -2.36. The van der Waals surface area contributed by atoms with Crippen molar-refractivity contribution in [3.05, 3.63) is 0 Å². The number of unbranched alkanes of at least 4 members (excludes halogenated alkanes) is 1. The second-order valence-electron chi connectivity index (χ2n) is 11.3. The van der Waals surface area contributed by atoms with Gasteiger partial charge in [-0.3, -0.25) is 4.79 Å². The summed E-state index contributed by atoms with van der Waals surface area (Å²) in [6.45, 7) is 16.1. The topological polar surface area (TPSA) is 57.1 Å². The van der Waals surface area contributed by atoms with E-state index in [9.17, 15) is 4.79 Å².